The van der Waals surface area contributed by atoms with Crippen molar-refractivity contribution < 1.29 is 5.11 Å². The normalized spacial score (nSPS) is 11.6. The van der Waals surface area contributed by atoms with Gasteiger partial charge in [0.15, 0.2) is 0 Å². The molecule has 0 saturated carbocycles. The molecule has 0 amide bonds. The predicted octanol–water partition coefficient (Wildman–Crippen LogP) is 2.78. The number of hydrogen-bond donors (Lipinski definition) is 1. The minimum atomic E-state index is -0.818. The van der Waals surface area contributed by atoms with E-state index in [2.05, 4.69) is 5.92 Å². The van der Waals surface area contributed by atoms with E-state index in [0.29, 0.717) is 0 Å². The maximum atomic E-state index is 9.56. The Morgan fingerprint density at radius 3 is 2.64 bits per heavy atom. The first kappa shape index (κ1) is 10.6. The summed E-state index contributed by atoms with van der Waals surface area (Å²) in [4.78, 5) is 0. The van der Waals surface area contributed by atoms with Gasteiger partial charge < -0.3 is 5.11 Å². The van der Waals surface area contributed by atoms with E-state index in [9.17, 15) is 5.11 Å². The molecule has 0 saturated heterocycles. The second-order valence-electron chi connectivity index (χ2n) is 3.42. The predicted molar refractivity (Wildman–Crippen MR) is 59.6 cm³/mol. The fourth-order valence-corrected chi connectivity index (χ4v) is 1.29. The third-order valence-corrected chi connectivity index (χ3v) is 1.89. The maximum absolute atomic E-state index is 9.56. The Balaban J connectivity index is 3.17. The quantitative estimate of drug-likeness (QED) is 0.704. The zero-order valence-corrected chi connectivity index (χ0v) is 8.49. The molecule has 0 spiro atoms. The van der Waals surface area contributed by atoms with Crippen LogP contribution in [-0.2, 0) is 0 Å². The van der Waals surface area contributed by atoms with Crippen LogP contribution in [0.1, 0.15) is 31.1 Å². The average Bonchev–Trinajstić information content (AvgIpc) is 2.16. The van der Waals surface area contributed by atoms with Gasteiger partial charge >= 0.3 is 0 Å². The standard InChI is InChI=1S/C13H14O/c1-4-13(14)12-8-6-5-7-11(12)9-10(2)3/h1,5-9,13-14H,2-3H3. The summed E-state index contributed by atoms with van der Waals surface area (Å²) in [5.41, 5.74) is 2.95. The molecule has 14 heavy (non-hydrogen) atoms. The lowest BCUT2D eigenvalue weighted by Gasteiger charge is -2.08. The molecule has 0 bridgehead atoms. The first-order valence-corrected chi connectivity index (χ1v) is 4.53. The van der Waals surface area contributed by atoms with Crippen LogP contribution < -0.4 is 0 Å². The number of terminal acetylenes is 1. The SMILES string of the molecule is C#CC(O)c1ccccc1C=C(C)C. The average molecular weight is 186 g/mol. The van der Waals surface area contributed by atoms with Gasteiger partial charge in [0.1, 0.15) is 6.10 Å². The highest BCUT2D eigenvalue weighted by atomic mass is 16.3. The molecule has 1 rings (SSSR count). The molecule has 1 N–H and O–H groups in total. The highest BCUT2D eigenvalue weighted by molar-refractivity contribution is 5.57. The van der Waals surface area contributed by atoms with E-state index < -0.39 is 6.10 Å². The molecule has 0 heterocycles. The molecule has 0 fully saturated rings. The Kier molecular flexibility index (Phi) is 3.50. The lowest BCUT2D eigenvalue weighted by molar-refractivity contribution is 0.238. The molecule has 0 aliphatic carbocycles. The van der Waals surface area contributed by atoms with Gasteiger partial charge in [-0.3, -0.25) is 0 Å². The maximum Gasteiger partial charge on any atom is 0.140 e. The Morgan fingerprint density at radius 2 is 2.07 bits per heavy atom. The van der Waals surface area contributed by atoms with Gasteiger partial charge in [-0.25, -0.2) is 0 Å². The number of allylic oxidation sites excluding steroid dienone is 1. The number of hydrogen-bond acceptors (Lipinski definition) is 1. The fourth-order valence-electron chi connectivity index (χ4n) is 1.29. The lowest BCUT2D eigenvalue weighted by Crippen LogP contribution is -1.96. The first-order valence-electron chi connectivity index (χ1n) is 4.53. The van der Waals surface area contributed by atoms with Crippen molar-refractivity contribution in [2.45, 2.75) is 20.0 Å². The molecule has 1 heteroatoms. The van der Waals surface area contributed by atoms with E-state index in [1.54, 1.807) is 0 Å². The van der Waals surface area contributed by atoms with Gasteiger partial charge in [0, 0.05) is 0 Å². The molecule has 0 aromatic heterocycles. The van der Waals surface area contributed by atoms with Crippen LogP contribution in [-0.4, -0.2) is 5.11 Å². The van der Waals surface area contributed by atoms with Crippen molar-refractivity contribution in [1.82, 2.24) is 0 Å². The minimum Gasteiger partial charge on any atom is -0.376 e. The van der Waals surface area contributed by atoms with Crippen LogP contribution >= 0.6 is 0 Å². The van der Waals surface area contributed by atoms with E-state index in [1.165, 1.54) is 5.57 Å². The van der Waals surface area contributed by atoms with Crippen LogP contribution in [0.5, 0.6) is 0 Å². The van der Waals surface area contributed by atoms with Gasteiger partial charge in [-0.05, 0) is 25.0 Å². The summed E-state index contributed by atoms with van der Waals surface area (Å²) in [7, 11) is 0. The zero-order chi connectivity index (χ0) is 10.6. The van der Waals surface area contributed by atoms with Gasteiger partial charge in [-0.15, -0.1) is 6.42 Å². The van der Waals surface area contributed by atoms with E-state index in [4.69, 9.17) is 6.42 Å². The van der Waals surface area contributed by atoms with Crippen molar-refractivity contribution in [3.05, 3.63) is 41.0 Å². The van der Waals surface area contributed by atoms with Crippen LogP contribution in [0.3, 0.4) is 0 Å². The number of aliphatic hydroxyl groups excluding tert-OH is 1. The minimum absolute atomic E-state index is 0.788. The summed E-state index contributed by atoms with van der Waals surface area (Å²) in [6, 6.07) is 7.60. The van der Waals surface area contributed by atoms with E-state index in [1.807, 2.05) is 44.2 Å². The summed E-state index contributed by atoms with van der Waals surface area (Å²) in [5.74, 6) is 2.32. The van der Waals surface area contributed by atoms with Crippen molar-refractivity contribution in [2.75, 3.05) is 0 Å². The second-order valence-corrected chi connectivity index (χ2v) is 3.42. The van der Waals surface area contributed by atoms with Gasteiger partial charge in [0.2, 0.25) is 0 Å². The summed E-state index contributed by atoms with van der Waals surface area (Å²) in [6.45, 7) is 4.03. The third kappa shape index (κ3) is 2.48. The lowest BCUT2D eigenvalue weighted by atomic mass is 10.0. The molecule has 1 aromatic carbocycles. The third-order valence-electron chi connectivity index (χ3n) is 1.89. The topological polar surface area (TPSA) is 20.2 Å². The molecule has 1 nitrogen and oxygen atoms in total. The van der Waals surface area contributed by atoms with Gasteiger partial charge in [0.25, 0.3) is 0 Å². The van der Waals surface area contributed by atoms with Crippen LogP contribution in [0.2, 0.25) is 0 Å². The van der Waals surface area contributed by atoms with E-state index >= 15 is 0 Å². The number of aliphatic hydroxyl groups is 1. The molecule has 1 unspecified atom stereocenters. The highest BCUT2D eigenvalue weighted by Crippen LogP contribution is 2.19. The van der Waals surface area contributed by atoms with Crippen LogP contribution in [0, 0.1) is 12.3 Å². The number of rotatable bonds is 2. The molecule has 72 valence electrons. The van der Waals surface area contributed by atoms with Crippen molar-refractivity contribution in [1.29, 1.82) is 0 Å². The molecule has 0 radical (unpaired) electrons. The zero-order valence-electron chi connectivity index (χ0n) is 8.49. The molecular formula is C13H14O. The molecule has 0 aliphatic heterocycles. The van der Waals surface area contributed by atoms with E-state index in [-0.39, 0.29) is 0 Å². The largest absolute Gasteiger partial charge is 0.376 e. The summed E-state index contributed by atoms with van der Waals surface area (Å²) >= 11 is 0. The Labute approximate surface area is 85.1 Å². The Morgan fingerprint density at radius 1 is 1.43 bits per heavy atom. The van der Waals surface area contributed by atoms with Crippen LogP contribution in [0.25, 0.3) is 6.08 Å². The Hall–Kier alpha value is -1.52. The van der Waals surface area contributed by atoms with Gasteiger partial charge in [0.05, 0.1) is 0 Å². The van der Waals surface area contributed by atoms with Crippen molar-refractivity contribution in [3.8, 4) is 12.3 Å². The van der Waals surface area contributed by atoms with Crippen LogP contribution in [0.4, 0.5) is 0 Å². The first-order chi connectivity index (χ1) is 6.65. The summed E-state index contributed by atoms with van der Waals surface area (Å²) in [5, 5.41) is 9.56. The fraction of sp³-hybridized carbons (Fsp3) is 0.231. The van der Waals surface area contributed by atoms with Crippen molar-refractivity contribution >= 4 is 6.08 Å². The van der Waals surface area contributed by atoms with E-state index in [0.717, 1.165) is 11.1 Å². The smallest absolute Gasteiger partial charge is 0.140 e. The highest BCUT2D eigenvalue weighted by Gasteiger charge is 2.06. The van der Waals surface area contributed by atoms with Crippen LogP contribution in [0.15, 0.2) is 29.8 Å². The second kappa shape index (κ2) is 4.64. The Bertz CT molecular complexity index is 378. The summed E-state index contributed by atoms with van der Waals surface area (Å²) < 4.78 is 0. The molecule has 0 aliphatic rings. The van der Waals surface area contributed by atoms with Crippen molar-refractivity contribution in [2.24, 2.45) is 0 Å². The molecule has 1 atom stereocenters. The van der Waals surface area contributed by atoms with Gasteiger partial charge in [-0.2, -0.15) is 0 Å². The number of benzene rings is 1. The monoisotopic (exact) mass is 186 g/mol. The summed E-state index contributed by atoms with van der Waals surface area (Å²) in [6.07, 6.45) is 6.38. The molecule has 1 aromatic rings. The molecular weight excluding hydrogens is 172 g/mol. The van der Waals surface area contributed by atoms with Crippen molar-refractivity contribution in [3.63, 3.8) is 0 Å². The van der Waals surface area contributed by atoms with Gasteiger partial charge in [-0.1, -0.05) is 41.8 Å².